The van der Waals surface area contributed by atoms with Gasteiger partial charge in [-0.25, -0.2) is 0 Å². The summed E-state index contributed by atoms with van der Waals surface area (Å²) in [6, 6.07) is 0. The SMILES string of the molecule is CCc1nn(C)c(C(=O)NCC2CCCO2)c1N. The molecule has 1 aliphatic rings. The summed E-state index contributed by atoms with van der Waals surface area (Å²) in [7, 11) is 1.73. The highest BCUT2D eigenvalue weighted by Crippen LogP contribution is 2.17. The lowest BCUT2D eigenvalue weighted by atomic mass is 10.2. The van der Waals surface area contributed by atoms with E-state index in [1.165, 1.54) is 0 Å². The van der Waals surface area contributed by atoms with Gasteiger partial charge in [0.05, 0.1) is 17.5 Å². The molecule has 1 saturated heterocycles. The number of hydrogen-bond acceptors (Lipinski definition) is 4. The van der Waals surface area contributed by atoms with E-state index in [1.807, 2.05) is 6.92 Å². The normalized spacial score (nSPS) is 19.1. The third-order valence-corrected chi connectivity index (χ3v) is 3.22. The number of aryl methyl sites for hydroxylation is 2. The molecule has 0 radical (unpaired) electrons. The van der Waals surface area contributed by atoms with Gasteiger partial charge in [-0.2, -0.15) is 5.10 Å². The van der Waals surface area contributed by atoms with E-state index in [1.54, 1.807) is 11.7 Å². The Morgan fingerprint density at radius 2 is 2.44 bits per heavy atom. The molecule has 2 heterocycles. The van der Waals surface area contributed by atoms with Crippen molar-refractivity contribution in [2.75, 3.05) is 18.9 Å². The Hall–Kier alpha value is -1.56. The largest absolute Gasteiger partial charge is 0.395 e. The molecule has 0 aliphatic carbocycles. The molecule has 0 aromatic carbocycles. The monoisotopic (exact) mass is 252 g/mol. The number of nitrogens with two attached hydrogens (primary N) is 1. The zero-order valence-electron chi connectivity index (χ0n) is 10.9. The average molecular weight is 252 g/mol. The molecule has 2 rings (SSSR count). The Bertz CT molecular complexity index is 436. The number of carbonyl (C=O) groups excluding carboxylic acids is 1. The van der Waals surface area contributed by atoms with E-state index < -0.39 is 0 Å². The van der Waals surface area contributed by atoms with Gasteiger partial charge < -0.3 is 15.8 Å². The summed E-state index contributed by atoms with van der Waals surface area (Å²) in [5.41, 5.74) is 7.60. The molecule has 6 heteroatoms. The Morgan fingerprint density at radius 1 is 1.67 bits per heavy atom. The molecule has 0 bridgehead atoms. The molecule has 1 fully saturated rings. The Balaban J connectivity index is 2.01. The fourth-order valence-corrected chi connectivity index (χ4v) is 2.22. The van der Waals surface area contributed by atoms with Gasteiger partial charge >= 0.3 is 0 Å². The smallest absolute Gasteiger partial charge is 0.271 e. The fourth-order valence-electron chi connectivity index (χ4n) is 2.22. The molecule has 3 N–H and O–H groups in total. The standard InChI is InChI=1S/C12H20N4O2/c1-3-9-10(13)11(16(2)15-9)12(17)14-7-8-5-4-6-18-8/h8H,3-7,13H2,1-2H3,(H,14,17). The van der Waals surface area contributed by atoms with Crippen molar-refractivity contribution in [3.8, 4) is 0 Å². The number of carbonyl (C=O) groups is 1. The summed E-state index contributed by atoms with van der Waals surface area (Å²) >= 11 is 0. The average Bonchev–Trinajstić information content (AvgIpc) is 2.94. The number of anilines is 1. The van der Waals surface area contributed by atoms with Crippen molar-refractivity contribution >= 4 is 11.6 Å². The molecule has 100 valence electrons. The van der Waals surface area contributed by atoms with Crippen molar-refractivity contribution in [1.29, 1.82) is 0 Å². The fraction of sp³-hybridized carbons (Fsp3) is 0.667. The molecular weight excluding hydrogens is 232 g/mol. The lowest BCUT2D eigenvalue weighted by Crippen LogP contribution is -2.33. The van der Waals surface area contributed by atoms with E-state index in [0.717, 1.165) is 31.6 Å². The van der Waals surface area contributed by atoms with Crippen LogP contribution in [0.5, 0.6) is 0 Å². The van der Waals surface area contributed by atoms with Crippen molar-refractivity contribution in [3.63, 3.8) is 0 Å². The minimum absolute atomic E-state index is 0.133. The Morgan fingerprint density at radius 3 is 3.00 bits per heavy atom. The quantitative estimate of drug-likeness (QED) is 0.816. The van der Waals surface area contributed by atoms with E-state index in [4.69, 9.17) is 10.5 Å². The number of ether oxygens (including phenoxy) is 1. The van der Waals surface area contributed by atoms with E-state index in [9.17, 15) is 4.79 Å². The van der Waals surface area contributed by atoms with Crippen LogP contribution in [0.1, 0.15) is 35.9 Å². The number of rotatable bonds is 4. The van der Waals surface area contributed by atoms with Crippen LogP contribution >= 0.6 is 0 Å². The predicted octanol–water partition coefficient (Wildman–Crippen LogP) is 0.473. The molecule has 1 atom stereocenters. The minimum Gasteiger partial charge on any atom is -0.395 e. The van der Waals surface area contributed by atoms with Crippen molar-refractivity contribution < 1.29 is 9.53 Å². The Labute approximate surface area is 106 Å². The van der Waals surface area contributed by atoms with Crippen LogP contribution in [-0.2, 0) is 18.2 Å². The molecule has 1 aliphatic heterocycles. The van der Waals surface area contributed by atoms with Crippen LogP contribution in [0.2, 0.25) is 0 Å². The molecule has 1 unspecified atom stereocenters. The molecule has 6 nitrogen and oxygen atoms in total. The van der Waals surface area contributed by atoms with E-state index in [-0.39, 0.29) is 12.0 Å². The van der Waals surface area contributed by atoms with Gasteiger partial charge in [-0.15, -0.1) is 0 Å². The molecular formula is C12H20N4O2. The van der Waals surface area contributed by atoms with Gasteiger partial charge in [0.2, 0.25) is 0 Å². The van der Waals surface area contributed by atoms with Crippen LogP contribution in [0, 0.1) is 0 Å². The number of hydrogen-bond donors (Lipinski definition) is 2. The van der Waals surface area contributed by atoms with E-state index >= 15 is 0 Å². The number of nitrogen functional groups attached to an aromatic ring is 1. The van der Waals surface area contributed by atoms with Crippen LogP contribution in [-0.4, -0.2) is 34.9 Å². The number of amides is 1. The minimum atomic E-state index is -0.183. The van der Waals surface area contributed by atoms with Crippen LogP contribution < -0.4 is 11.1 Å². The lowest BCUT2D eigenvalue weighted by molar-refractivity contribution is 0.0851. The predicted molar refractivity (Wildman–Crippen MR) is 68.3 cm³/mol. The Kier molecular flexibility index (Phi) is 3.86. The second-order valence-corrected chi connectivity index (χ2v) is 4.53. The summed E-state index contributed by atoms with van der Waals surface area (Å²) in [5, 5.41) is 7.08. The van der Waals surface area contributed by atoms with Crippen molar-refractivity contribution in [1.82, 2.24) is 15.1 Å². The highest BCUT2D eigenvalue weighted by atomic mass is 16.5. The van der Waals surface area contributed by atoms with E-state index in [2.05, 4.69) is 10.4 Å². The van der Waals surface area contributed by atoms with Gasteiger partial charge in [-0.1, -0.05) is 6.92 Å². The van der Waals surface area contributed by atoms with Gasteiger partial charge in [0.1, 0.15) is 5.69 Å². The molecule has 1 aromatic heterocycles. The second kappa shape index (κ2) is 5.39. The zero-order valence-corrected chi connectivity index (χ0v) is 10.9. The maximum Gasteiger partial charge on any atom is 0.271 e. The molecule has 0 spiro atoms. The first-order chi connectivity index (χ1) is 8.63. The van der Waals surface area contributed by atoms with Crippen molar-refractivity contribution in [2.45, 2.75) is 32.3 Å². The zero-order chi connectivity index (χ0) is 13.1. The summed E-state index contributed by atoms with van der Waals surface area (Å²) < 4.78 is 7.00. The maximum atomic E-state index is 12.1. The van der Waals surface area contributed by atoms with E-state index in [0.29, 0.717) is 17.9 Å². The highest BCUT2D eigenvalue weighted by molar-refractivity contribution is 5.97. The first-order valence-electron chi connectivity index (χ1n) is 6.34. The maximum absolute atomic E-state index is 12.1. The molecule has 0 saturated carbocycles. The molecule has 1 amide bonds. The topological polar surface area (TPSA) is 82.2 Å². The third kappa shape index (κ3) is 2.48. The van der Waals surface area contributed by atoms with Crippen molar-refractivity contribution in [3.05, 3.63) is 11.4 Å². The van der Waals surface area contributed by atoms with Gasteiger partial charge in [-0.3, -0.25) is 9.48 Å². The second-order valence-electron chi connectivity index (χ2n) is 4.53. The first kappa shape index (κ1) is 12.9. The van der Waals surface area contributed by atoms with Crippen LogP contribution in [0.3, 0.4) is 0 Å². The van der Waals surface area contributed by atoms with Crippen LogP contribution in [0.4, 0.5) is 5.69 Å². The summed E-state index contributed by atoms with van der Waals surface area (Å²) in [4.78, 5) is 12.1. The lowest BCUT2D eigenvalue weighted by Gasteiger charge is -2.11. The summed E-state index contributed by atoms with van der Waals surface area (Å²) in [5.74, 6) is -0.183. The van der Waals surface area contributed by atoms with Gasteiger partial charge in [-0.05, 0) is 19.3 Å². The highest BCUT2D eigenvalue weighted by Gasteiger charge is 2.21. The number of aromatic nitrogens is 2. The summed E-state index contributed by atoms with van der Waals surface area (Å²) in [6.07, 6.45) is 2.92. The molecule has 18 heavy (non-hydrogen) atoms. The number of nitrogens with zero attached hydrogens (tertiary/aromatic N) is 2. The summed E-state index contributed by atoms with van der Waals surface area (Å²) in [6.45, 7) is 3.28. The van der Waals surface area contributed by atoms with Crippen LogP contribution in [0.15, 0.2) is 0 Å². The number of nitrogens with one attached hydrogen (secondary N) is 1. The van der Waals surface area contributed by atoms with Crippen molar-refractivity contribution in [2.24, 2.45) is 7.05 Å². The van der Waals surface area contributed by atoms with Crippen LogP contribution in [0.25, 0.3) is 0 Å². The van der Waals surface area contributed by atoms with Gasteiger partial charge in [0.25, 0.3) is 5.91 Å². The van der Waals surface area contributed by atoms with Gasteiger partial charge in [0, 0.05) is 20.2 Å². The first-order valence-corrected chi connectivity index (χ1v) is 6.34. The van der Waals surface area contributed by atoms with Gasteiger partial charge in [0.15, 0.2) is 0 Å². The third-order valence-electron chi connectivity index (χ3n) is 3.22. The molecule has 1 aromatic rings.